The summed E-state index contributed by atoms with van der Waals surface area (Å²) in [5.74, 6) is 0.441. The normalized spacial score (nSPS) is 12.4. The van der Waals surface area contributed by atoms with Crippen molar-refractivity contribution < 1.29 is 0 Å². The van der Waals surface area contributed by atoms with Crippen molar-refractivity contribution in [1.29, 1.82) is 0 Å². The van der Waals surface area contributed by atoms with Crippen molar-refractivity contribution in [3.63, 3.8) is 0 Å². The third-order valence-electron chi connectivity index (χ3n) is 2.34. The molecule has 0 amide bonds. The van der Waals surface area contributed by atoms with Crippen LogP contribution in [0.15, 0.2) is 30.9 Å². The Labute approximate surface area is 93.6 Å². The van der Waals surface area contributed by atoms with Crippen molar-refractivity contribution in [2.75, 3.05) is 5.73 Å². The van der Waals surface area contributed by atoms with E-state index in [1.54, 1.807) is 18.5 Å². The number of hydrogen-bond acceptors (Lipinski definition) is 5. The average molecular weight is 215 g/mol. The van der Waals surface area contributed by atoms with Crippen LogP contribution in [-0.4, -0.2) is 15.0 Å². The van der Waals surface area contributed by atoms with Gasteiger partial charge in [0, 0.05) is 18.0 Å². The van der Waals surface area contributed by atoms with E-state index in [0.29, 0.717) is 5.82 Å². The Bertz CT molecular complexity index is 483. The highest BCUT2D eigenvalue weighted by molar-refractivity contribution is 5.45. The predicted molar refractivity (Wildman–Crippen MR) is 61.4 cm³/mol. The van der Waals surface area contributed by atoms with E-state index in [2.05, 4.69) is 15.0 Å². The summed E-state index contributed by atoms with van der Waals surface area (Å²) in [6.07, 6.45) is 4.84. The quantitative estimate of drug-likeness (QED) is 0.773. The van der Waals surface area contributed by atoms with Gasteiger partial charge in [-0.25, -0.2) is 15.0 Å². The van der Waals surface area contributed by atoms with Gasteiger partial charge in [-0.3, -0.25) is 0 Å². The highest BCUT2D eigenvalue weighted by Gasteiger charge is 2.13. The van der Waals surface area contributed by atoms with Gasteiger partial charge in [-0.05, 0) is 24.6 Å². The molecule has 0 fully saturated rings. The number of rotatable bonds is 2. The maximum atomic E-state index is 6.08. The number of nitrogens with two attached hydrogens (primary N) is 2. The zero-order valence-electron chi connectivity index (χ0n) is 8.96. The van der Waals surface area contributed by atoms with Gasteiger partial charge in [-0.15, -0.1) is 0 Å². The molecule has 2 aromatic rings. The van der Waals surface area contributed by atoms with E-state index in [1.165, 1.54) is 6.33 Å². The highest BCUT2D eigenvalue weighted by Crippen LogP contribution is 2.22. The van der Waals surface area contributed by atoms with Crippen molar-refractivity contribution in [2.45, 2.75) is 13.0 Å². The van der Waals surface area contributed by atoms with Crippen LogP contribution in [0.1, 0.15) is 22.9 Å². The highest BCUT2D eigenvalue weighted by atomic mass is 14.9. The number of aryl methyl sites for hydroxylation is 1. The molecule has 4 N–H and O–H groups in total. The van der Waals surface area contributed by atoms with E-state index in [9.17, 15) is 0 Å². The van der Waals surface area contributed by atoms with E-state index < -0.39 is 0 Å². The molecule has 0 spiro atoms. The summed E-state index contributed by atoms with van der Waals surface area (Å²) in [5, 5.41) is 0. The molecule has 2 rings (SSSR count). The average Bonchev–Trinajstić information content (AvgIpc) is 2.32. The van der Waals surface area contributed by atoms with Crippen molar-refractivity contribution in [3.8, 4) is 0 Å². The van der Waals surface area contributed by atoms with E-state index >= 15 is 0 Å². The van der Waals surface area contributed by atoms with Crippen LogP contribution in [0.4, 0.5) is 5.82 Å². The van der Waals surface area contributed by atoms with Crippen LogP contribution >= 0.6 is 0 Å². The molecule has 0 aliphatic rings. The molecule has 5 nitrogen and oxygen atoms in total. The first kappa shape index (κ1) is 10.5. The fourth-order valence-electron chi connectivity index (χ4n) is 1.50. The molecule has 0 bridgehead atoms. The molecule has 5 heteroatoms. The summed E-state index contributed by atoms with van der Waals surface area (Å²) >= 11 is 0. The van der Waals surface area contributed by atoms with Crippen LogP contribution in [0.5, 0.6) is 0 Å². The Hall–Kier alpha value is -2.01. The first-order valence-corrected chi connectivity index (χ1v) is 4.92. The van der Waals surface area contributed by atoms with Gasteiger partial charge in [-0.1, -0.05) is 0 Å². The van der Waals surface area contributed by atoms with Crippen LogP contribution in [0.25, 0.3) is 0 Å². The lowest BCUT2D eigenvalue weighted by Crippen LogP contribution is -2.16. The molecule has 0 aliphatic carbocycles. The Balaban J connectivity index is 2.41. The van der Waals surface area contributed by atoms with Gasteiger partial charge in [-0.2, -0.15) is 0 Å². The monoisotopic (exact) mass is 215 g/mol. The minimum atomic E-state index is -0.365. The molecule has 0 aromatic carbocycles. The minimum Gasteiger partial charge on any atom is -0.383 e. The number of pyridine rings is 1. The lowest BCUT2D eigenvalue weighted by atomic mass is 10.0. The lowest BCUT2D eigenvalue weighted by molar-refractivity contribution is 0.816. The maximum absolute atomic E-state index is 6.08. The molecule has 0 saturated heterocycles. The van der Waals surface area contributed by atoms with Crippen LogP contribution in [0.3, 0.4) is 0 Å². The smallest absolute Gasteiger partial charge is 0.128 e. The second kappa shape index (κ2) is 4.24. The van der Waals surface area contributed by atoms with Gasteiger partial charge < -0.3 is 11.5 Å². The predicted octanol–water partition coefficient (Wildman–Crippen LogP) is 0.810. The van der Waals surface area contributed by atoms with E-state index in [0.717, 1.165) is 16.8 Å². The SMILES string of the molecule is Cc1cnc(N)c(C(N)c2ccncn2)c1. The second-order valence-electron chi connectivity index (χ2n) is 3.60. The zero-order valence-corrected chi connectivity index (χ0v) is 8.96. The molecule has 1 atom stereocenters. The van der Waals surface area contributed by atoms with Crippen molar-refractivity contribution in [2.24, 2.45) is 5.73 Å². The van der Waals surface area contributed by atoms with Gasteiger partial charge in [0.2, 0.25) is 0 Å². The van der Waals surface area contributed by atoms with Gasteiger partial charge in [0.25, 0.3) is 0 Å². The third-order valence-corrected chi connectivity index (χ3v) is 2.34. The Morgan fingerprint density at radius 3 is 2.81 bits per heavy atom. The summed E-state index contributed by atoms with van der Waals surface area (Å²) in [5.41, 5.74) is 14.4. The summed E-state index contributed by atoms with van der Waals surface area (Å²) in [7, 11) is 0. The number of nitrogens with zero attached hydrogens (tertiary/aromatic N) is 3. The molecule has 16 heavy (non-hydrogen) atoms. The fraction of sp³-hybridized carbons (Fsp3) is 0.182. The molecule has 0 radical (unpaired) electrons. The Morgan fingerprint density at radius 1 is 1.31 bits per heavy atom. The molecule has 2 aromatic heterocycles. The Morgan fingerprint density at radius 2 is 2.12 bits per heavy atom. The molecular formula is C11H13N5. The summed E-state index contributed by atoms with van der Waals surface area (Å²) in [4.78, 5) is 12.0. The second-order valence-corrected chi connectivity index (χ2v) is 3.60. The first-order valence-electron chi connectivity index (χ1n) is 4.92. The zero-order chi connectivity index (χ0) is 11.5. The lowest BCUT2D eigenvalue weighted by Gasteiger charge is -2.13. The topological polar surface area (TPSA) is 90.7 Å². The van der Waals surface area contributed by atoms with Crippen LogP contribution in [0, 0.1) is 6.92 Å². The van der Waals surface area contributed by atoms with Crippen LogP contribution < -0.4 is 11.5 Å². The van der Waals surface area contributed by atoms with Gasteiger partial charge in [0.1, 0.15) is 12.1 Å². The fourth-order valence-corrected chi connectivity index (χ4v) is 1.50. The van der Waals surface area contributed by atoms with E-state index in [-0.39, 0.29) is 6.04 Å². The summed E-state index contributed by atoms with van der Waals surface area (Å²) in [6.45, 7) is 1.95. The van der Waals surface area contributed by atoms with Crippen LogP contribution in [0.2, 0.25) is 0 Å². The molecule has 2 heterocycles. The van der Waals surface area contributed by atoms with Gasteiger partial charge in [0.05, 0.1) is 11.7 Å². The number of hydrogen-bond donors (Lipinski definition) is 2. The molecule has 0 aliphatic heterocycles. The summed E-state index contributed by atoms with van der Waals surface area (Å²) < 4.78 is 0. The number of anilines is 1. The largest absolute Gasteiger partial charge is 0.383 e. The van der Waals surface area contributed by atoms with Gasteiger partial charge >= 0.3 is 0 Å². The minimum absolute atomic E-state index is 0.365. The number of aromatic nitrogens is 3. The molecular weight excluding hydrogens is 202 g/mol. The summed E-state index contributed by atoms with van der Waals surface area (Å²) in [6, 6.07) is 3.33. The van der Waals surface area contributed by atoms with Crippen LogP contribution in [-0.2, 0) is 0 Å². The maximum Gasteiger partial charge on any atom is 0.128 e. The van der Waals surface area contributed by atoms with E-state index in [1.807, 2.05) is 13.0 Å². The first-order chi connectivity index (χ1) is 7.68. The van der Waals surface area contributed by atoms with E-state index in [4.69, 9.17) is 11.5 Å². The molecule has 82 valence electrons. The standard InChI is InChI=1S/C11H13N5/c1-7-4-8(11(13)15-5-7)10(12)9-2-3-14-6-16-9/h2-6,10H,12H2,1H3,(H2,13,15). The number of nitrogen functional groups attached to an aromatic ring is 1. The third kappa shape index (κ3) is 1.99. The van der Waals surface area contributed by atoms with Crippen molar-refractivity contribution in [1.82, 2.24) is 15.0 Å². The molecule has 1 unspecified atom stereocenters. The Kier molecular flexibility index (Phi) is 2.78. The van der Waals surface area contributed by atoms with Crippen molar-refractivity contribution >= 4 is 5.82 Å². The molecule has 0 saturated carbocycles. The van der Waals surface area contributed by atoms with Crippen molar-refractivity contribution in [3.05, 3.63) is 47.7 Å². The van der Waals surface area contributed by atoms with Gasteiger partial charge in [0.15, 0.2) is 0 Å².